The lowest BCUT2D eigenvalue weighted by molar-refractivity contribution is 0.137. The van der Waals surface area contributed by atoms with Gasteiger partial charge in [0.25, 0.3) is 0 Å². The number of nitrogens with one attached hydrogen (secondary N) is 1. The van der Waals surface area contributed by atoms with Gasteiger partial charge in [-0.3, -0.25) is 0 Å². The molecule has 0 amide bonds. The molecule has 12 heteroatoms. The van der Waals surface area contributed by atoms with E-state index in [9.17, 15) is 13.5 Å². The second-order valence-corrected chi connectivity index (χ2v) is 12.2. The topological polar surface area (TPSA) is 108 Å². The number of benzene rings is 1. The maximum absolute atomic E-state index is 13.3. The fraction of sp³-hybridized carbons (Fsp3) is 0.500. The number of thiazole rings is 1. The van der Waals surface area contributed by atoms with Crippen LogP contribution in [0.3, 0.4) is 0 Å². The van der Waals surface area contributed by atoms with Gasteiger partial charge in [0, 0.05) is 19.7 Å². The van der Waals surface area contributed by atoms with Crippen LogP contribution in [0.25, 0.3) is 10.2 Å². The fourth-order valence-corrected chi connectivity index (χ4v) is 7.42. The SMILES string of the molecule is Cc1nnc(CNc2nc3cc(Cl)c(S(=O)(=O)N4CC(C)CC(CO)C4)cc3s2)s1. The van der Waals surface area contributed by atoms with Crippen molar-refractivity contribution in [3.8, 4) is 0 Å². The second-order valence-electron chi connectivity index (χ2n) is 7.55. The number of sulfonamides is 1. The van der Waals surface area contributed by atoms with Crippen LogP contribution in [0.15, 0.2) is 17.0 Å². The first-order valence-electron chi connectivity index (χ1n) is 9.50. The van der Waals surface area contributed by atoms with Crippen molar-refractivity contribution < 1.29 is 13.5 Å². The highest BCUT2D eigenvalue weighted by Crippen LogP contribution is 2.36. The highest BCUT2D eigenvalue weighted by Gasteiger charge is 2.34. The molecule has 0 aliphatic carbocycles. The third-order valence-corrected chi connectivity index (χ3v) is 9.10. The molecular formula is C18H22ClN5O3S3. The van der Waals surface area contributed by atoms with Gasteiger partial charge in [-0.2, -0.15) is 4.31 Å². The van der Waals surface area contributed by atoms with E-state index in [-0.39, 0.29) is 28.4 Å². The van der Waals surface area contributed by atoms with Gasteiger partial charge in [-0.05, 0) is 37.3 Å². The van der Waals surface area contributed by atoms with Crippen LogP contribution in [0, 0.1) is 18.8 Å². The number of fused-ring (bicyclic) bond motifs is 1. The standard InChI is InChI=1S/C18H22ClN5O3S3/c1-10-3-12(9-25)8-24(7-10)30(26,27)16-5-15-14(4-13(16)19)21-18(29-15)20-6-17-23-22-11(2)28-17/h4-5,10,12,25H,3,6-9H2,1-2H3,(H,20,21). The maximum Gasteiger partial charge on any atom is 0.244 e. The van der Waals surface area contributed by atoms with Gasteiger partial charge < -0.3 is 10.4 Å². The Morgan fingerprint density at radius 1 is 1.30 bits per heavy atom. The number of piperidine rings is 1. The summed E-state index contributed by atoms with van der Waals surface area (Å²) >= 11 is 9.25. The van der Waals surface area contributed by atoms with E-state index >= 15 is 0 Å². The summed E-state index contributed by atoms with van der Waals surface area (Å²) in [6.07, 6.45) is 0.813. The molecule has 2 aromatic heterocycles. The van der Waals surface area contributed by atoms with E-state index in [0.717, 1.165) is 21.1 Å². The monoisotopic (exact) mass is 487 g/mol. The molecule has 0 radical (unpaired) electrons. The van der Waals surface area contributed by atoms with Crippen molar-refractivity contribution in [3.63, 3.8) is 0 Å². The van der Waals surface area contributed by atoms with Crippen molar-refractivity contribution in [1.29, 1.82) is 0 Å². The van der Waals surface area contributed by atoms with Crippen LogP contribution in [0.1, 0.15) is 23.4 Å². The minimum Gasteiger partial charge on any atom is -0.396 e. The van der Waals surface area contributed by atoms with Gasteiger partial charge in [-0.25, -0.2) is 13.4 Å². The summed E-state index contributed by atoms with van der Waals surface area (Å²) in [5.74, 6) is 0.116. The molecule has 1 fully saturated rings. The number of nitrogens with zero attached hydrogens (tertiary/aromatic N) is 4. The predicted octanol–water partition coefficient (Wildman–Crippen LogP) is 3.36. The second kappa shape index (κ2) is 8.64. The van der Waals surface area contributed by atoms with Crippen LogP contribution in [0.2, 0.25) is 5.02 Å². The average Bonchev–Trinajstić information content (AvgIpc) is 3.30. The number of hydrogen-bond donors (Lipinski definition) is 2. The maximum atomic E-state index is 13.3. The average molecular weight is 488 g/mol. The minimum absolute atomic E-state index is 0.0266. The Bertz CT molecular complexity index is 1160. The van der Waals surface area contributed by atoms with E-state index in [4.69, 9.17) is 11.6 Å². The number of aliphatic hydroxyl groups excluding tert-OH is 1. The number of aliphatic hydroxyl groups is 1. The lowest BCUT2D eigenvalue weighted by atomic mass is 9.93. The predicted molar refractivity (Wildman–Crippen MR) is 120 cm³/mol. The molecule has 2 atom stereocenters. The number of rotatable bonds is 6. The Hall–Kier alpha value is -1.37. The first-order valence-corrected chi connectivity index (χ1v) is 13.0. The van der Waals surface area contributed by atoms with Gasteiger partial charge >= 0.3 is 0 Å². The fourth-order valence-electron chi connectivity index (χ4n) is 3.66. The van der Waals surface area contributed by atoms with Crippen molar-refractivity contribution in [2.45, 2.75) is 31.7 Å². The molecule has 1 saturated heterocycles. The highest BCUT2D eigenvalue weighted by atomic mass is 35.5. The summed E-state index contributed by atoms with van der Waals surface area (Å²) in [6, 6.07) is 3.19. The Balaban J connectivity index is 1.60. The van der Waals surface area contributed by atoms with Gasteiger partial charge in [-0.15, -0.1) is 10.2 Å². The number of aromatic nitrogens is 3. The van der Waals surface area contributed by atoms with Gasteiger partial charge in [0.2, 0.25) is 10.0 Å². The largest absolute Gasteiger partial charge is 0.396 e. The molecule has 8 nitrogen and oxygen atoms in total. The van der Waals surface area contributed by atoms with Gasteiger partial charge in [-0.1, -0.05) is 41.2 Å². The Morgan fingerprint density at radius 3 is 2.80 bits per heavy atom. The molecular weight excluding hydrogens is 466 g/mol. The molecule has 0 bridgehead atoms. The van der Waals surface area contributed by atoms with Crippen LogP contribution >= 0.6 is 34.3 Å². The molecule has 4 rings (SSSR count). The highest BCUT2D eigenvalue weighted by molar-refractivity contribution is 7.89. The summed E-state index contributed by atoms with van der Waals surface area (Å²) in [4.78, 5) is 4.59. The molecule has 30 heavy (non-hydrogen) atoms. The summed E-state index contributed by atoms with van der Waals surface area (Å²) in [5.41, 5.74) is 0.639. The molecule has 3 aromatic rings. The number of hydrogen-bond acceptors (Lipinski definition) is 9. The molecule has 3 heterocycles. The molecule has 2 unspecified atom stereocenters. The molecule has 1 aromatic carbocycles. The molecule has 162 valence electrons. The van der Waals surface area contributed by atoms with E-state index in [1.807, 2.05) is 13.8 Å². The van der Waals surface area contributed by atoms with E-state index in [1.54, 1.807) is 12.1 Å². The molecule has 1 aliphatic heterocycles. The van der Waals surface area contributed by atoms with Crippen LogP contribution < -0.4 is 5.32 Å². The zero-order valence-corrected chi connectivity index (χ0v) is 19.7. The quantitative estimate of drug-likeness (QED) is 0.548. The first-order chi connectivity index (χ1) is 14.3. The summed E-state index contributed by atoms with van der Waals surface area (Å²) in [7, 11) is -3.77. The van der Waals surface area contributed by atoms with E-state index < -0.39 is 10.0 Å². The number of halogens is 1. The lowest BCUT2D eigenvalue weighted by Crippen LogP contribution is -2.44. The Labute approximate surface area is 188 Å². The van der Waals surface area contributed by atoms with Crippen LogP contribution in [0.5, 0.6) is 0 Å². The lowest BCUT2D eigenvalue weighted by Gasteiger charge is -2.35. The van der Waals surface area contributed by atoms with Crippen molar-refractivity contribution >= 4 is 59.6 Å². The first kappa shape index (κ1) is 21.8. The molecule has 2 N–H and O–H groups in total. The van der Waals surface area contributed by atoms with Gasteiger partial charge in [0.1, 0.15) is 14.9 Å². The van der Waals surface area contributed by atoms with Gasteiger partial charge in [0.15, 0.2) is 5.13 Å². The molecule has 0 spiro atoms. The summed E-state index contributed by atoms with van der Waals surface area (Å²) in [6.45, 7) is 5.09. The zero-order chi connectivity index (χ0) is 21.5. The van der Waals surface area contributed by atoms with Crippen molar-refractivity contribution in [2.24, 2.45) is 11.8 Å². The normalized spacial score (nSPS) is 20.7. The zero-order valence-electron chi connectivity index (χ0n) is 16.5. The third-order valence-electron chi connectivity index (χ3n) is 4.99. The van der Waals surface area contributed by atoms with Crippen LogP contribution in [0.4, 0.5) is 5.13 Å². The van der Waals surface area contributed by atoms with E-state index in [2.05, 4.69) is 20.5 Å². The molecule has 1 aliphatic rings. The van der Waals surface area contributed by atoms with Crippen LogP contribution in [-0.2, 0) is 16.6 Å². The van der Waals surface area contributed by atoms with E-state index in [0.29, 0.717) is 30.3 Å². The van der Waals surface area contributed by atoms with Crippen molar-refractivity contribution in [2.75, 3.05) is 25.0 Å². The van der Waals surface area contributed by atoms with Crippen molar-refractivity contribution in [1.82, 2.24) is 19.5 Å². The van der Waals surface area contributed by atoms with Gasteiger partial charge in [0.05, 0.1) is 21.8 Å². The minimum atomic E-state index is -3.77. The Morgan fingerprint density at radius 2 is 2.10 bits per heavy atom. The third kappa shape index (κ3) is 4.46. The van der Waals surface area contributed by atoms with E-state index in [1.165, 1.54) is 27.0 Å². The molecule has 0 saturated carbocycles. The summed E-state index contributed by atoms with van der Waals surface area (Å²) in [5, 5.41) is 23.4. The Kier molecular flexibility index (Phi) is 6.29. The number of anilines is 1. The smallest absolute Gasteiger partial charge is 0.244 e. The van der Waals surface area contributed by atoms with Crippen molar-refractivity contribution in [3.05, 3.63) is 27.2 Å². The summed E-state index contributed by atoms with van der Waals surface area (Å²) < 4.78 is 28.8. The van der Waals surface area contributed by atoms with Crippen LogP contribution in [-0.4, -0.2) is 52.7 Å². The number of aryl methyl sites for hydroxylation is 1.